The normalized spacial score (nSPS) is 11.0. The average molecular weight is 415 g/mol. The third kappa shape index (κ3) is 3.82. The molecule has 0 spiro atoms. The van der Waals surface area contributed by atoms with Gasteiger partial charge in [0.15, 0.2) is 5.69 Å². The average Bonchev–Trinajstić information content (AvgIpc) is 3.26. The molecule has 158 valence electrons. The Bertz CT molecular complexity index is 1280. The van der Waals surface area contributed by atoms with E-state index < -0.39 is 0 Å². The van der Waals surface area contributed by atoms with Crippen molar-refractivity contribution in [2.75, 3.05) is 12.4 Å². The molecular weight excluding hydrogens is 390 g/mol. The Morgan fingerprint density at radius 1 is 1.03 bits per heavy atom. The summed E-state index contributed by atoms with van der Waals surface area (Å²) in [5.74, 6) is -0.635. The Morgan fingerprint density at radius 3 is 2.48 bits per heavy atom. The number of nitrogens with zero attached hydrogens (tertiary/aromatic N) is 3. The van der Waals surface area contributed by atoms with Crippen molar-refractivity contribution in [2.24, 2.45) is 7.05 Å². The molecule has 0 aliphatic rings. The first-order valence-corrected chi connectivity index (χ1v) is 10.1. The number of hydrogen-bond acceptors (Lipinski definition) is 3. The highest BCUT2D eigenvalue weighted by Gasteiger charge is 2.19. The first-order chi connectivity index (χ1) is 14.9. The van der Waals surface area contributed by atoms with Crippen LogP contribution in [0.5, 0.6) is 0 Å². The fraction of sp³-hybridized carbons (Fsp3) is 0.208. The molecule has 0 bridgehead atoms. The van der Waals surface area contributed by atoms with Crippen molar-refractivity contribution >= 4 is 28.4 Å². The Morgan fingerprint density at radius 2 is 1.77 bits per heavy atom. The second kappa shape index (κ2) is 8.10. The van der Waals surface area contributed by atoms with Gasteiger partial charge >= 0.3 is 0 Å². The van der Waals surface area contributed by atoms with Crippen LogP contribution in [0, 0.1) is 13.8 Å². The van der Waals surface area contributed by atoms with Gasteiger partial charge in [0.1, 0.15) is 0 Å². The van der Waals surface area contributed by atoms with Gasteiger partial charge < -0.3 is 15.2 Å². The Kier molecular flexibility index (Phi) is 5.33. The van der Waals surface area contributed by atoms with Crippen LogP contribution in [-0.4, -0.2) is 33.2 Å². The van der Waals surface area contributed by atoms with E-state index in [1.54, 1.807) is 13.2 Å². The first-order valence-electron chi connectivity index (χ1n) is 10.1. The molecule has 0 atom stereocenters. The van der Waals surface area contributed by atoms with Crippen LogP contribution < -0.4 is 10.6 Å². The Hall–Kier alpha value is -3.87. The summed E-state index contributed by atoms with van der Waals surface area (Å²) in [5, 5.41) is 10.5. The van der Waals surface area contributed by atoms with Crippen molar-refractivity contribution in [3.63, 3.8) is 0 Å². The lowest BCUT2D eigenvalue weighted by atomic mass is 10.1. The van der Waals surface area contributed by atoms with E-state index in [1.165, 1.54) is 23.0 Å². The molecule has 2 amide bonds. The lowest BCUT2D eigenvalue weighted by Crippen LogP contribution is -2.21. The molecule has 0 aliphatic heterocycles. The number of fused-ring (bicyclic) bond motifs is 1. The lowest BCUT2D eigenvalue weighted by molar-refractivity contribution is 0.0958. The number of rotatable bonds is 5. The smallest absolute Gasteiger partial charge is 0.273 e. The molecule has 0 unspecified atom stereocenters. The van der Waals surface area contributed by atoms with E-state index in [4.69, 9.17) is 0 Å². The second-order valence-electron chi connectivity index (χ2n) is 7.61. The maximum absolute atomic E-state index is 12.9. The third-order valence-electron chi connectivity index (χ3n) is 5.60. The molecule has 4 rings (SSSR count). The van der Waals surface area contributed by atoms with Gasteiger partial charge in [0.25, 0.3) is 11.8 Å². The van der Waals surface area contributed by atoms with Crippen molar-refractivity contribution in [3.8, 4) is 0 Å². The maximum atomic E-state index is 12.9. The molecule has 4 aromatic rings. The van der Waals surface area contributed by atoms with Gasteiger partial charge in [-0.15, -0.1) is 0 Å². The quantitative estimate of drug-likeness (QED) is 0.522. The Balaban J connectivity index is 1.66. The largest absolute Gasteiger partial charge is 0.354 e. The molecule has 31 heavy (non-hydrogen) atoms. The van der Waals surface area contributed by atoms with E-state index in [0.717, 1.165) is 23.0 Å². The Labute approximate surface area is 180 Å². The number of aromatic nitrogens is 3. The third-order valence-corrected chi connectivity index (χ3v) is 5.60. The van der Waals surface area contributed by atoms with Gasteiger partial charge in [-0.1, -0.05) is 30.3 Å². The van der Waals surface area contributed by atoms with E-state index in [0.29, 0.717) is 11.3 Å². The second-order valence-corrected chi connectivity index (χ2v) is 7.61. The fourth-order valence-electron chi connectivity index (χ4n) is 3.82. The summed E-state index contributed by atoms with van der Waals surface area (Å²) >= 11 is 0. The minimum absolute atomic E-state index is 0.181. The number of anilines is 1. The topological polar surface area (TPSA) is 81.0 Å². The summed E-state index contributed by atoms with van der Waals surface area (Å²) in [6, 6.07) is 16.0. The minimum atomic E-state index is -0.351. The molecular formula is C24H25N5O2. The molecule has 2 heterocycles. The van der Waals surface area contributed by atoms with Crippen molar-refractivity contribution < 1.29 is 9.59 Å². The first kappa shape index (κ1) is 20.4. The molecule has 0 fully saturated rings. The molecule has 2 aromatic carbocycles. The molecule has 7 heteroatoms. The van der Waals surface area contributed by atoms with Gasteiger partial charge in [0.05, 0.1) is 5.69 Å². The standard InChI is InChI=1S/C24H25N5O2/c1-15-16(2)29(13-17-8-6-5-7-9-17)21-11-10-18(12-19(15)21)23(30)26-20-14-28(4)27-22(20)24(31)25-3/h5-12,14H,13H2,1-4H3,(H,25,31)(H,26,30). The number of nitrogens with one attached hydrogen (secondary N) is 2. The van der Waals surface area contributed by atoms with E-state index >= 15 is 0 Å². The van der Waals surface area contributed by atoms with Crippen LogP contribution in [0.2, 0.25) is 0 Å². The van der Waals surface area contributed by atoms with E-state index in [2.05, 4.69) is 46.3 Å². The highest BCUT2D eigenvalue weighted by molar-refractivity contribution is 6.09. The number of hydrogen-bond donors (Lipinski definition) is 2. The summed E-state index contributed by atoms with van der Waals surface area (Å²) < 4.78 is 3.77. The number of aryl methyl sites for hydroxylation is 2. The molecule has 0 radical (unpaired) electrons. The molecule has 0 saturated heterocycles. The van der Waals surface area contributed by atoms with Gasteiger partial charge in [-0.25, -0.2) is 0 Å². The summed E-state index contributed by atoms with van der Waals surface area (Å²) in [4.78, 5) is 25.0. The highest BCUT2D eigenvalue weighted by Crippen LogP contribution is 2.27. The van der Waals surface area contributed by atoms with Crippen molar-refractivity contribution in [1.82, 2.24) is 19.7 Å². The highest BCUT2D eigenvalue weighted by atomic mass is 16.2. The summed E-state index contributed by atoms with van der Waals surface area (Å²) in [7, 11) is 3.23. The maximum Gasteiger partial charge on any atom is 0.273 e. The zero-order chi connectivity index (χ0) is 22.1. The van der Waals surface area contributed by atoms with Crippen LogP contribution >= 0.6 is 0 Å². The van der Waals surface area contributed by atoms with Gasteiger partial charge in [-0.2, -0.15) is 5.10 Å². The molecule has 2 N–H and O–H groups in total. The van der Waals surface area contributed by atoms with Crippen LogP contribution in [0.4, 0.5) is 5.69 Å². The van der Waals surface area contributed by atoms with Crippen LogP contribution in [-0.2, 0) is 13.6 Å². The minimum Gasteiger partial charge on any atom is -0.354 e. The van der Waals surface area contributed by atoms with Crippen molar-refractivity contribution in [1.29, 1.82) is 0 Å². The van der Waals surface area contributed by atoms with Gasteiger partial charge in [0, 0.05) is 49.0 Å². The van der Waals surface area contributed by atoms with E-state index in [9.17, 15) is 9.59 Å². The summed E-state index contributed by atoms with van der Waals surface area (Å²) in [6.07, 6.45) is 1.62. The van der Waals surface area contributed by atoms with Crippen LogP contribution in [0.3, 0.4) is 0 Å². The monoisotopic (exact) mass is 415 g/mol. The van der Waals surface area contributed by atoms with Gasteiger partial charge in [-0.05, 0) is 43.2 Å². The fourth-order valence-corrected chi connectivity index (χ4v) is 3.82. The molecule has 7 nitrogen and oxygen atoms in total. The van der Waals surface area contributed by atoms with Gasteiger partial charge in [0.2, 0.25) is 0 Å². The van der Waals surface area contributed by atoms with E-state index in [1.807, 2.05) is 36.4 Å². The number of carbonyl (C=O) groups is 2. The SMILES string of the molecule is CNC(=O)c1nn(C)cc1NC(=O)c1ccc2c(c1)c(C)c(C)n2Cc1ccccc1. The number of benzene rings is 2. The lowest BCUT2D eigenvalue weighted by Gasteiger charge is -2.09. The molecule has 0 saturated carbocycles. The number of carbonyl (C=O) groups excluding carboxylic acids is 2. The predicted octanol–water partition coefficient (Wildman–Crippen LogP) is 3.65. The molecule has 0 aliphatic carbocycles. The van der Waals surface area contributed by atoms with Crippen molar-refractivity contribution in [2.45, 2.75) is 20.4 Å². The zero-order valence-corrected chi connectivity index (χ0v) is 18.1. The van der Waals surface area contributed by atoms with Crippen LogP contribution in [0.15, 0.2) is 54.7 Å². The van der Waals surface area contributed by atoms with Crippen LogP contribution in [0.25, 0.3) is 10.9 Å². The summed E-state index contributed by atoms with van der Waals surface area (Å²) in [6.45, 7) is 4.95. The van der Waals surface area contributed by atoms with Crippen molar-refractivity contribution in [3.05, 3.63) is 82.8 Å². The number of amides is 2. The van der Waals surface area contributed by atoms with Gasteiger partial charge in [-0.3, -0.25) is 14.3 Å². The summed E-state index contributed by atoms with van der Waals surface area (Å²) in [5.41, 5.74) is 5.71. The zero-order valence-electron chi connectivity index (χ0n) is 18.1. The van der Waals surface area contributed by atoms with E-state index in [-0.39, 0.29) is 17.5 Å². The molecule has 2 aromatic heterocycles. The van der Waals surface area contributed by atoms with Crippen LogP contribution in [0.1, 0.15) is 37.7 Å². The predicted molar refractivity (Wildman–Crippen MR) is 122 cm³/mol.